The highest BCUT2D eigenvalue weighted by Gasteiger charge is 2.21. The van der Waals surface area contributed by atoms with Crippen LogP contribution < -0.4 is 5.73 Å². The minimum Gasteiger partial charge on any atom is -0.384 e. The molecule has 0 amide bonds. The predicted molar refractivity (Wildman–Crippen MR) is 75.0 cm³/mol. The van der Waals surface area contributed by atoms with Gasteiger partial charge in [-0.3, -0.25) is 0 Å². The molecule has 0 radical (unpaired) electrons. The number of nitrogens with zero attached hydrogens (tertiary/aromatic N) is 3. The highest BCUT2D eigenvalue weighted by Crippen LogP contribution is 2.31. The lowest BCUT2D eigenvalue weighted by molar-refractivity contribution is 0.385. The van der Waals surface area contributed by atoms with Crippen LogP contribution in [0.1, 0.15) is 43.8 Å². The number of pyridine rings is 1. The molecule has 2 heterocycles. The summed E-state index contributed by atoms with van der Waals surface area (Å²) in [4.78, 5) is 8.63. The van der Waals surface area contributed by atoms with Crippen LogP contribution in [0.15, 0.2) is 22.7 Å². The van der Waals surface area contributed by atoms with Crippen molar-refractivity contribution in [2.24, 2.45) is 0 Å². The summed E-state index contributed by atoms with van der Waals surface area (Å²) in [7, 11) is 0. The molecule has 2 N–H and O–H groups in total. The zero-order valence-electron chi connectivity index (χ0n) is 10.6. The van der Waals surface area contributed by atoms with E-state index in [0.29, 0.717) is 23.3 Å². The first-order chi connectivity index (χ1) is 8.83. The highest BCUT2D eigenvalue weighted by atomic mass is 35.5. The van der Waals surface area contributed by atoms with Crippen LogP contribution in [0.4, 0.5) is 5.82 Å². The van der Waals surface area contributed by atoms with Crippen LogP contribution in [0.25, 0.3) is 11.6 Å². The summed E-state index contributed by atoms with van der Waals surface area (Å²) in [5.74, 6) is 2.18. The number of rotatable bonds is 2. The molecule has 0 atom stereocenters. The number of anilines is 1. The van der Waals surface area contributed by atoms with Gasteiger partial charge in [-0.05, 0) is 25.0 Å². The van der Waals surface area contributed by atoms with Gasteiger partial charge in [0.05, 0.1) is 0 Å². The van der Waals surface area contributed by atoms with Gasteiger partial charge in [0.1, 0.15) is 11.5 Å². The maximum atomic E-state index is 5.64. The van der Waals surface area contributed by atoms with Gasteiger partial charge in [-0.25, -0.2) is 4.98 Å². The number of halogens is 1. The van der Waals surface area contributed by atoms with Crippen LogP contribution in [0.3, 0.4) is 0 Å². The molecule has 1 saturated carbocycles. The van der Waals surface area contributed by atoms with Crippen molar-refractivity contribution in [3.63, 3.8) is 0 Å². The monoisotopic (exact) mass is 280 g/mol. The lowest BCUT2D eigenvalue weighted by Gasteiger charge is -2.17. The van der Waals surface area contributed by atoms with E-state index in [2.05, 4.69) is 15.1 Å². The Morgan fingerprint density at radius 3 is 2.63 bits per heavy atom. The Morgan fingerprint density at radius 1 is 1.11 bits per heavy atom. The lowest BCUT2D eigenvalue weighted by Crippen LogP contribution is -2.06. The first-order valence-corrected chi connectivity index (χ1v) is 6.39. The highest BCUT2D eigenvalue weighted by molar-refractivity contribution is 5.85. The molecule has 0 aromatic carbocycles. The predicted octanol–water partition coefficient (Wildman–Crippen LogP) is 3.18. The second-order valence-corrected chi connectivity index (χ2v) is 4.74. The summed E-state index contributed by atoms with van der Waals surface area (Å²) >= 11 is 0. The van der Waals surface area contributed by atoms with E-state index in [1.165, 1.54) is 19.3 Å². The van der Waals surface area contributed by atoms with E-state index in [-0.39, 0.29) is 12.4 Å². The Hall–Kier alpha value is -1.62. The molecule has 1 aliphatic carbocycles. The number of aromatic nitrogens is 3. The van der Waals surface area contributed by atoms with Crippen molar-refractivity contribution >= 4 is 18.2 Å². The largest absolute Gasteiger partial charge is 0.384 e. The zero-order valence-corrected chi connectivity index (χ0v) is 11.4. The van der Waals surface area contributed by atoms with E-state index in [1.807, 2.05) is 12.1 Å². The molecule has 1 fully saturated rings. The van der Waals surface area contributed by atoms with Gasteiger partial charge < -0.3 is 10.3 Å². The first kappa shape index (κ1) is 13.8. The van der Waals surface area contributed by atoms with E-state index >= 15 is 0 Å². The maximum absolute atomic E-state index is 5.64. The van der Waals surface area contributed by atoms with Crippen LogP contribution in [-0.2, 0) is 0 Å². The van der Waals surface area contributed by atoms with Gasteiger partial charge in [0.2, 0.25) is 0 Å². The smallest absolute Gasteiger partial charge is 0.276 e. The van der Waals surface area contributed by atoms with Crippen LogP contribution in [0.2, 0.25) is 0 Å². The number of nitrogens with two attached hydrogens (primary N) is 1. The number of hydrogen-bond donors (Lipinski definition) is 1. The minimum atomic E-state index is 0. The standard InChI is InChI=1S/C13H16N4O.ClH/c14-11-8-4-7-10(15-11)13-16-12(17-18-13)9-5-2-1-3-6-9;/h4,7-9H,1-3,5-6H2,(H2,14,15);1H. The van der Waals surface area contributed by atoms with Crippen LogP contribution >= 0.6 is 12.4 Å². The van der Waals surface area contributed by atoms with Crippen molar-refractivity contribution in [2.75, 3.05) is 5.73 Å². The lowest BCUT2D eigenvalue weighted by atomic mass is 9.89. The van der Waals surface area contributed by atoms with E-state index in [0.717, 1.165) is 18.7 Å². The van der Waals surface area contributed by atoms with E-state index < -0.39 is 0 Å². The Kier molecular flexibility index (Phi) is 4.37. The summed E-state index contributed by atoms with van der Waals surface area (Å²) in [6.07, 6.45) is 6.14. The topological polar surface area (TPSA) is 77.8 Å². The zero-order chi connectivity index (χ0) is 12.4. The normalized spacial score (nSPS) is 16.0. The van der Waals surface area contributed by atoms with Crippen molar-refractivity contribution in [2.45, 2.75) is 38.0 Å². The molecule has 2 aromatic heterocycles. The Bertz CT molecular complexity index is 537. The molecule has 0 unspecified atom stereocenters. The average Bonchev–Trinajstić information content (AvgIpc) is 2.89. The molecule has 3 rings (SSSR count). The van der Waals surface area contributed by atoms with Crippen molar-refractivity contribution < 1.29 is 4.52 Å². The minimum absolute atomic E-state index is 0. The van der Waals surface area contributed by atoms with Gasteiger partial charge in [0.15, 0.2) is 5.82 Å². The van der Waals surface area contributed by atoms with Crippen molar-refractivity contribution in [3.05, 3.63) is 24.0 Å². The Balaban J connectivity index is 0.00000133. The van der Waals surface area contributed by atoms with Crippen LogP contribution in [-0.4, -0.2) is 15.1 Å². The van der Waals surface area contributed by atoms with Crippen molar-refractivity contribution in [3.8, 4) is 11.6 Å². The van der Waals surface area contributed by atoms with Gasteiger partial charge in [-0.1, -0.05) is 30.5 Å². The van der Waals surface area contributed by atoms with Gasteiger partial charge in [-0.15, -0.1) is 12.4 Å². The average molecular weight is 281 g/mol. The third-order valence-corrected chi connectivity index (χ3v) is 3.40. The summed E-state index contributed by atoms with van der Waals surface area (Å²) < 4.78 is 5.28. The molecule has 0 bridgehead atoms. The fourth-order valence-corrected chi connectivity index (χ4v) is 2.44. The third kappa shape index (κ3) is 3.04. The van der Waals surface area contributed by atoms with E-state index in [1.54, 1.807) is 6.07 Å². The second-order valence-electron chi connectivity index (χ2n) is 4.74. The summed E-state index contributed by atoms with van der Waals surface area (Å²) in [6, 6.07) is 5.40. The van der Waals surface area contributed by atoms with E-state index in [9.17, 15) is 0 Å². The molecule has 6 heteroatoms. The molecule has 19 heavy (non-hydrogen) atoms. The molecule has 2 aromatic rings. The molecule has 5 nitrogen and oxygen atoms in total. The summed E-state index contributed by atoms with van der Waals surface area (Å²) in [5.41, 5.74) is 6.29. The van der Waals surface area contributed by atoms with Gasteiger partial charge in [0.25, 0.3) is 5.89 Å². The van der Waals surface area contributed by atoms with Gasteiger partial charge >= 0.3 is 0 Å². The summed E-state index contributed by atoms with van der Waals surface area (Å²) in [6.45, 7) is 0. The molecule has 1 aliphatic rings. The van der Waals surface area contributed by atoms with Crippen molar-refractivity contribution in [1.29, 1.82) is 0 Å². The molecule has 102 valence electrons. The second kappa shape index (κ2) is 6.02. The van der Waals surface area contributed by atoms with Gasteiger partial charge in [0, 0.05) is 5.92 Å². The third-order valence-electron chi connectivity index (χ3n) is 3.40. The fraction of sp³-hybridized carbons (Fsp3) is 0.462. The Labute approximate surface area is 118 Å². The number of nitrogen functional groups attached to an aromatic ring is 1. The van der Waals surface area contributed by atoms with Crippen molar-refractivity contribution in [1.82, 2.24) is 15.1 Å². The quantitative estimate of drug-likeness (QED) is 0.914. The molecule has 0 spiro atoms. The van der Waals surface area contributed by atoms with E-state index in [4.69, 9.17) is 10.3 Å². The molecule has 0 aliphatic heterocycles. The fourth-order valence-electron chi connectivity index (χ4n) is 2.44. The van der Waals surface area contributed by atoms with Gasteiger partial charge in [-0.2, -0.15) is 4.98 Å². The molecule has 0 saturated heterocycles. The SMILES string of the molecule is Cl.Nc1cccc(-c2nc(C3CCCCC3)no2)n1. The Morgan fingerprint density at radius 2 is 1.89 bits per heavy atom. The maximum Gasteiger partial charge on any atom is 0.276 e. The van der Waals surface area contributed by atoms with Crippen LogP contribution in [0, 0.1) is 0 Å². The number of hydrogen-bond acceptors (Lipinski definition) is 5. The molecular weight excluding hydrogens is 264 g/mol. The molecular formula is C13H17ClN4O. The summed E-state index contributed by atoms with van der Waals surface area (Å²) in [5, 5.41) is 4.08. The van der Waals surface area contributed by atoms with Crippen LogP contribution in [0.5, 0.6) is 0 Å². The first-order valence-electron chi connectivity index (χ1n) is 6.39.